The summed E-state index contributed by atoms with van der Waals surface area (Å²) in [6.07, 6.45) is -0.498. The quantitative estimate of drug-likeness (QED) is 0.882. The van der Waals surface area contributed by atoms with E-state index < -0.39 is 17.5 Å². The molecule has 7 heteroatoms. The highest BCUT2D eigenvalue weighted by Gasteiger charge is 2.39. The summed E-state index contributed by atoms with van der Waals surface area (Å²) < 4.78 is 45.3. The first-order valence-electron chi connectivity index (χ1n) is 8.95. The molecular formula is C20H20F3N3O. The summed E-state index contributed by atoms with van der Waals surface area (Å²) in [5.41, 5.74) is 3.11. The molecule has 142 valence electrons. The van der Waals surface area contributed by atoms with Crippen LogP contribution in [-0.2, 0) is 11.9 Å². The summed E-state index contributed by atoms with van der Waals surface area (Å²) in [5.74, 6) is 0.644. The molecule has 0 bridgehead atoms. The highest BCUT2D eigenvalue weighted by molar-refractivity contribution is 5.84. The Balaban J connectivity index is 1.74. The third kappa shape index (κ3) is 3.70. The molecule has 27 heavy (non-hydrogen) atoms. The van der Waals surface area contributed by atoms with E-state index in [1.807, 2.05) is 24.3 Å². The van der Waals surface area contributed by atoms with Crippen molar-refractivity contribution < 1.29 is 17.9 Å². The minimum atomic E-state index is -4.37. The van der Waals surface area contributed by atoms with Crippen LogP contribution in [0.15, 0.2) is 53.5 Å². The third-order valence-electron chi connectivity index (χ3n) is 4.87. The van der Waals surface area contributed by atoms with E-state index in [9.17, 15) is 13.2 Å². The zero-order valence-corrected chi connectivity index (χ0v) is 14.7. The molecule has 4 nitrogen and oxygen atoms in total. The highest BCUT2D eigenvalue weighted by atomic mass is 19.4. The number of hydrogen-bond acceptors (Lipinski definition) is 4. The average Bonchev–Trinajstić information content (AvgIpc) is 3.07. The van der Waals surface area contributed by atoms with Gasteiger partial charge in [-0.25, -0.2) is 10.4 Å². The maximum absolute atomic E-state index is 13.0. The van der Waals surface area contributed by atoms with Gasteiger partial charge in [-0.05, 0) is 37.1 Å². The molecule has 2 aliphatic heterocycles. The van der Waals surface area contributed by atoms with Crippen molar-refractivity contribution in [3.05, 3.63) is 65.2 Å². The van der Waals surface area contributed by atoms with Crippen molar-refractivity contribution in [2.24, 2.45) is 4.99 Å². The molecule has 0 spiro atoms. The Kier molecular flexibility index (Phi) is 4.65. The lowest BCUT2D eigenvalue weighted by Crippen LogP contribution is -2.56. The second kappa shape index (κ2) is 6.98. The van der Waals surface area contributed by atoms with Gasteiger partial charge in [0.15, 0.2) is 0 Å². The van der Waals surface area contributed by atoms with Crippen LogP contribution in [0.3, 0.4) is 0 Å². The van der Waals surface area contributed by atoms with Crippen LogP contribution in [0.1, 0.15) is 29.5 Å². The summed E-state index contributed by atoms with van der Waals surface area (Å²) in [6.45, 7) is 1.97. The second-order valence-electron chi connectivity index (χ2n) is 6.82. The molecule has 2 aromatic rings. The smallest absolute Gasteiger partial charge is 0.416 e. The van der Waals surface area contributed by atoms with Crippen molar-refractivity contribution in [1.82, 2.24) is 10.4 Å². The Morgan fingerprint density at radius 1 is 1.00 bits per heavy atom. The molecule has 0 aromatic heterocycles. The first kappa shape index (κ1) is 18.0. The summed E-state index contributed by atoms with van der Waals surface area (Å²) >= 11 is 0. The predicted molar refractivity (Wildman–Crippen MR) is 96.6 cm³/mol. The highest BCUT2D eigenvalue weighted by Crippen LogP contribution is 2.34. The van der Waals surface area contributed by atoms with Gasteiger partial charge >= 0.3 is 6.18 Å². The molecule has 2 heterocycles. The average molecular weight is 375 g/mol. The Labute approximate surface area is 155 Å². The van der Waals surface area contributed by atoms with Crippen LogP contribution in [0, 0.1) is 0 Å². The third-order valence-corrected chi connectivity index (χ3v) is 4.87. The number of hydrazine groups is 1. The number of para-hydroxylation sites is 1. The van der Waals surface area contributed by atoms with Gasteiger partial charge in [-0.3, -0.25) is 4.99 Å². The van der Waals surface area contributed by atoms with E-state index in [2.05, 4.69) is 15.4 Å². The Hall–Kier alpha value is -2.38. The molecule has 1 saturated heterocycles. The van der Waals surface area contributed by atoms with Crippen LogP contribution >= 0.6 is 0 Å². The van der Waals surface area contributed by atoms with Crippen LogP contribution in [0.5, 0.6) is 5.75 Å². The standard InChI is InChI=1S/C20H20F3N3O/c21-20(22,23)17-9-7-16(8-10-17)19(25-26-11-3-4-12-26)14-24-13-15-5-1-2-6-18(15)27-19/h1-2,5-10,13,25H,3-4,11-12,14H2. The molecule has 1 fully saturated rings. The van der Waals surface area contributed by atoms with Crippen molar-refractivity contribution >= 4 is 6.21 Å². The van der Waals surface area contributed by atoms with Crippen LogP contribution < -0.4 is 10.2 Å². The number of ether oxygens (including phenoxy) is 1. The van der Waals surface area contributed by atoms with Gasteiger partial charge in [-0.2, -0.15) is 13.2 Å². The molecule has 0 radical (unpaired) electrons. The van der Waals surface area contributed by atoms with Crippen LogP contribution in [0.25, 0.3) is 0 Å². The monoisotopic (exact) mass is 375 g/mol. The van der Waals surface area contributed by atoms with Gasteiger partial charge in [-0.15, -0.1) is 0 Å². The number of aliphatic imine (C=N–C) groups is 1. The van der Waals surface area contributed by atoms with Gasteiger partial charge in [0.2, 0.25) is 5.72 Å². The van der Waals surface area contributed by atoms with Crippen molar-refractivity contribution in [2.45, 2.75) is 24.7 Å². The number of nitrogens with zero attached hydrogens (tertiary/aromatic N) is 2. The number of halogens is 3. The number of rotatable bonds is 3. The maximum atomic E-state index is 13.0. The van der Waals surface area contributed by atoms with E-state index in [-0.39, 0.29) is 6.54 Å². The number of hydrogen-bond donors (Lipinski definition) is 1. The van der Waals surface area contributed by atoms with Crippen LogP contribution in [0.2, 0.25) is 0 Å². The van der Waals surface area contributed by atoms with Gasteiger partial charge in [0.25, 0.3) is 0 Å². The van der Waals surface area contributed by atoms with Gasteiger partial charge in [0.05, 0.1) is 12.1 Å². The SMILES string of the molecule is FC(F)(F)c1ccc(C2(NN3CCCC3)CN=Cc3ccccc3O2)cc1. The summed E-state index contributed by atoms with van der Waals surface area (Å²) in [4.78, 5) is 4.49. The topological polar surface area (TPSA) is 36.9 Å². The minimum Gasteiger partial charge on any atom is -0.465 e. The molecule has 2 aromatic carbocycles. The van der Waals surface area contributed by atoms with E-state index in [0.29, 0.717) is 11.3 Å². The molecule has 4 rings (SSSR count). The van der Waals surface area contributed by atoms with Crippen molar-refractivity contribution in [1.29, 1.82) is 0 Å². The normalized spacial score (nSPS) is 22.9. The molecule has 0 saturated carbocycles. The first-order valence-corrected chi connectivity index (χ1v) is 8.95. The largest absolute Gasteiger partial charge is 0.465 e. The van der Waals surface area contributed by atoms with Gasteiger partial charge in [-0.1, -0.05) is 24.3 Å². The summed E-state index contributed by atoms with van der Waals surface area (Å²) in [6, 6.07) is 12.6. The fourth-order valence-electron chi connectivity index (χ4n) is 3.46. The predicted octanol–water partition coefficient (Wildman–Crippen LogP) is 3.97. The zero-order chi connectivity index (χ0) is 18.9. The lowest BCUT2D eigenvalue weighted by atomic mass is 10.0. The summed E-state index contributed by atoms with van der Waals surface area (Å²) in [7, 11) is 0. The molecule has 0 aliphatic carbocycles. The molecule has 1 atom stereocenters. The van der Waals surface area contributed by atoms with Crippen molar-refractivity contribution in [2.75, 3.05) is 19.6 Å². The van der Waals surface area contributed by atoms with Crippen molar-refractivity contribution in [3.63, 3.8) is 0 Å². The zero-order valence-electron chi connectivity index (χ0n) is 14.7. The van der Waals surface area contributed by atoms with Gasteiger partial charge < -0.3 is 4.74 Å². The Morgan fingerprint density at radius 3 is 2.41 bits per heavy atom. The minimum absolute atomic E-state index is 0.254. The molecule has 1 unspecified atom stereocenters. The van der Waals surface area contributed by atoms with E-state index >= 15 is 0 Å². The second-order valence-corrected chi connectivity index (χ2v) is 6.82. The van der Waals surface area contributed by atoms with Crippen LogP contribution in [0.4, 0.5) is 13.2 Å². The van der Waals surface area contributed by atoms with Gasteiger partial charge in [0.1, 0.15) is 5.75 Å². The number of benzene rings is 2. The lowest BCUT2D eigenvalue weighted by molar-refractivity contribution is -0.137. The fourth-order valence-corrected chi connectivity index (χ4v) is 3.46. The number of nitrogens with one attached hydrogen (secondary N) is 1. The first-order chi connectivity index (χ1) is 13.0. The fraction of sp³-hybridized carbons (Fsp3) is 0.350. The lowest BCUT2D eigenvalue weighted by Gasteiger charge is -2.37. The number of alkyl halides is 3. The molecule has 0 amide bonds. The van der Waals surface area contributed by atoms with E-state index in [1.165, 1.54) is 12.1 Å². The maximum Gasteiger partial charge on any atom is 0.416 e. The van der Waals surface area contributed by atoms with Gasteiger partial charge in [0, 0.05) is 30.4 Å². The Bertz CT molecular complexity index is 829. The number of fused-ring (bicyclic) bond motifs is 1. The van der Waals surface area contributed by atoms with Crippen molar-refractivity contribution in [3.8, 4) is 5.75 Å². The Morgan fingerprint density at radius 2 is 1.70 bits per heavy atom. The molecule has 2 aliphatic rings. The van der Waals surface area contributed by atoms with E-state index in [4.69, 9.17) is 4.74 Å². The van der Waals surface area contributed by atoms with E-state index in [0.717, 1.165) is 43.6 Å². The summed E-state index contributed by atoms with van der Waals surface area (Å²) in [5, 5.41) is 2.06. The molecule has 1 N–H and O–H groups in total. The van der Waals surface area contributed by atoms with E-state index in [1.54, 1.807) is 6.21 Å². The molecular weight excluding hydrogens is 355 g/mol. The van der Waals surface area contributed by atoms with Crippen LogP contribution in [-0.4, -0.2) is 30.9 Å².